The Morgan fingerprint density at radius 1 is 0.439 bits per heavy atom. The maximum absolute atomic E-state index is 13.0. The molecule has 1 atom stereocenters. The van der Waals surface area contributed by atoms with Crippen LogP contribution in [0.25, 0.3) is 6.08 Å². The van der Waals surface area contributed by atoms with Crippen LogP contribution in [0.5, 0.6) is 0 Å². The van der Waals surface area contributed by atoms with E-state index >= 15 is 0 Å². The Kier molecular flexibility index (Phi) is 16.4. The molecule has 66 heavy (non-hydrogen) atoms. The molecule has 1 aliphatic rings. The van der Waals surface area contributed by atoms with Crippen LogP contribution in [0.1, 0.15) is 5.56 Å². The topological polar surface area (TPSA) is 264 Å². The third kappa shape index (κ3) is 12.4. The van der Waals surface area contributed by atoms with Gasteiger partial charge in [0.15, 0.2) is 4.08 Å². The van der Waals surface area contributed by atoms with Gasteiger partial charge in [-0.1, -0.05) is 103 Å². The smallest absolute Gasteiger partial charge is 0.746 e. The molecule has 0 spiro atoms. The van der Waals surface area contributed by atoms with Crippen LogP contribution in [0.4, 0.5) is 64.1 Å². The number of para-hydroxylation sites is 4. The third-order valence-corrected chi connectivity index (χ3v) is 13.0. The molecule has 0 fully saturated rings. The summed E-state index contributed by atoms with van der Waals surface area (Å²) in [7, 11) is -11.8. The van der Waals surface area contributed by atoms with Crippen molar-refractivity contribution in [2.24, 2.45) is 5.92 Å². The maximum Gasteiger partial charge on any atom is 1.00 e. The first kappa shape index (κ1) is 49.4. The fraction of sp³-hybridized carbons (Fsp3) is 0.0455. The number of nitrogens with zero attached hydrogens (tertiary/aromatic N) is 6. The van der Waals surface area contributed by atoms with E-state index in [4.69, 9.17) is 0 Å². The van der Waals surface area contributed by atoms with Crippen LogP contribution in [-0.2, 0) is 20.2 Å². The molecule has 0 saturated carbocycles. The van der Waals surface area contributed by atoms with Crippen molar-refractivity contribution in [3.63, 3.8) is 0 Å². The summed E-state index contributed by atoms with van der Waals surface area (Å²) in [5.74, 6) is -1.05. The van der Waals surface area contributed by atoms with Crippen molar-refractivity contribution in [2.45, 2.75) is 4.08 Å². The van der Waals surface area contributed by atoms with E-state index in [1.54, 1.807) is 72.8 Å². The van der Waals surface area contributed by atoms with Crippen molar-refractivity contribution in [3.05, 3.63) is 181 Å². The Balaban J connectivity index is 0.00000360. The molecule has 1 aliphatic carbocycles. The monoisotopic (exact) mass is 938 g/mol. The van der Waals surface area contributed by atoms with Crippen LogP contribution in [0, 0.1) is 5.92 Å². The number of nitrogens with one attached hydrogen (secondary N) is 6. The van der Waals surface area contributed by atoms with Crippen LogP contribution >= 0.6 is 0 Å². The Morgan fingerprint density at radius 2 is 0.742 bits per heavy atom. The van der Waals surface area contributed by atoms with Gasteiger partial charge in [-0.3, -0.25) is 0 Å². The van der Waals surface area contributed by atoms with Gasteiger partial charge >= 0.3 is 59.1 Å². The summed E-state index contributed by atoms with van der Waals surface area (Å²) in [4.78, 5) is 26.7. The number of hydrogen-bond acceptors (Lipinski definition) is 18. The standard InChI is InChI=1S/C44H38N12O6S2.2Na/c57-63(58,59)44(64(60,61)62)29-37(50-43-55-40(47-34-17-9-3-10-18-34)52-41(56-43)48-35-19-11-4-12-20-35)28-25-31(44)24-21-30-22-26-36(27-23-30)49-42-53-38(45-32-13-5-1-6-14-32)51-39(54-42)46-33-15-7-2-8-16-33;;/h1-29,31H,(H,57,58,59)(H,60,61,62)(H3,45,46,49,51,53,54)(H3,47,48,50,52,55,56);;/q;2*+1/p-2. The Labute approximate surface area is 424 Å². The molecule has 6 N–H and O–H groups in total. The number of allylic oxidation sites excluding steroid dienone is 3. The van der Waals surface area contributed by atoms with Crippen LogP contribution < -0.4 is 91.0 Å². The number of benzene rings is 5. The van der Waals surface area contributed by atoms with Gasteiger partial charge in [-0.25, -0.2) is 16.8 Å². The summed E-state index contributed by atoms with van der Waals surface area (Å²) in [6.07, 6.45) is 5.60. The third-order valence-electron chi connectivity index (χ3n) is 9.40. The molecule has 7 aromatic rings. The van der Waals surface area contributed by atoms with Gasteiger partial charge in [0, 0.05) is 40.1 Å². The van der Waals surface area contributed by atoms with Gasteiger partial charge in [-0.15, -0.1) is 0 Å². The van der Waals surface area contributed by atoms with Gasteiger partial charge < -0.3 is 41.0 Å². The van der Waals surface area contributed by atoms with Gasteiger partial charge in [-0.05, 0) is 78.4 Å². The van der Waals surface area contributed by atoms with Crippen molar-refractivity contribution in [2.75, 3.05) is 31.9 Å². The van der Waals surface area contributed by atoms with Gasteiger partial charge in [0.25, 0.3) is 0 Å². The zero-order chi connectivity index (χ0) is 44.6. The molecule has 0 radical (unpaired) electrons. The zero-order valence-electron chi connectivity index (χ0n) is 35.3. The summed E-state index contributed by atoms with van der Waals surface area (Å²) >= 11 is 0. The van der Waals surface area contributed by atoms with Crippen LogP contribution in [-0.4, -0.2) is 59.9 Å². The maximum atomic E-state index is 13.0. The second kappa shape index (κ2) is 22.0. The molecule has 2 heterocycles. The Hall–Kier alpha value is -6.04. The van der Waals surface area contributed by atoms with E-state index in [1.807, 2.05) is 72.8 Å². The predicted octanol–water partition coefficient (Wildman–Crippen LogP) is 1.76. The van der Waals surface area contributed by atoms with Crippen LogP contribution in [0.3, 0.4) is 0 Å². The van der Waals surface area contributed by atoms with E-state index in [-0.39, 0.29) is 101 Å². The first-order valence-corrected chi connectivity index (χ1v) is 22.1. The molecule has 322 valence electrons. The molecule has 0 bridgehead atoms. The summed E-state index contributed by atoms with van der Waals surface area (Å²) < 4.78 is 74.5. The second-order valence-corrected chi connectivity index (χ2v) is 17.3. The number of rotatable bonds is 16. The minimum Gasteiger partial charge on any atom is -0.746 e. The average Bonchev–Trinajstić information content (AvgIpc) is 3.27. The number of aromatic nitrogens is 6. The van der Waals surface area contributed by atoms with E-state index in [2.05, 4.69) is 61.8 Å². The molecule has 18 nitrogen and oxygen atoms in total. The van der Waals surface area contributed by atoms with Gasteiger partial charge in [0.2, 0.25) is 35.7 Å². The summed E-state index contributed by atoms with van der Waals surface area (Å²) in [5, 5.41) is 18.3. The molecule has 8 rings (SSSR count). The van der Waals surface area contributed by atoms with Crippen molar-refractivity contribution >= 4 is 90.4 Å². The Morgan fingerprint density at radius 3 is 1.06 bits per heavy atom. The van der Waals surface area contributed by atoms with Crippen LogP contribution in [0.2, 0.25) is 0 Å². The molecule has 0 amide bonds. The molecule has 1 unspecified atom stereocenters. The average molecular weight is 939 g/mol. The molecular formula is C44H36N12Na2O6S2. The minimum atomic E-state index is -5.90. The van der Waals surface area contributed by atoms with E-state index in [0.29, 0.717) is 28.7 Å². The molecule has 2 aromatic heterocycles. The van der Waals surface area contributed by atoms with Crippen molar-refractivity contribution < 1.29 is 85.1 Å². The van der Waals surface area contributed by atoms with Crippen LogP contribution in [0.15, 0.2) is 176 Å². The van der Waals surface area contributed by atoms with E-state index < -0.39 is 30.2 Å². The summed E-state index contributed by atoms with van der Waals surface area (Å²) in [6, 6.07) is 43.3. The second-order valence-electron chi connectivity index (χ2n) is 13.9. The summed E-state index contributed by atoms with van der Waals surface area (Å²) in [5.41, 5.74) is 3.57. The first-order chi connectivity index (χ1) is 30.9. The minimum absolute atomic E-state index is 0. The van der Waals surface area contributed by atoms with E-state index in [1.165, 1.54) is 18.2 Å². The predicted molar refractivity (Wildman–Crippen MR) is 244 cm³/mol. The fourth-order valence-corrected chi connectivity index (χ4v) is 8.94. The largest absolute Gasteiger partial charge is 1.00 e. The van der Waals surface area contributed by atoms with Gasteiger partial charge in [-0.2, -0.15) is 29.9 Å². The molecule has 0 saturated heterocycles. The number of anilines is 11. The van der Waals surface area contributed by atoms with Crippen molar-refractivity contribution in [1.29, 1.82) is 0 Å². The molecule has 5 aromatic carbocycles. The van der Waals surface area contributed by atoms with E-state index in [9.17, 15) is 25.9 Å². The molecule has 0 aliphatic heterocycles. The zero-order valence-corrected chi connectivity index (χ0v) is 40.9. The SMILES string of the molecule is O=S(=O)([O-])C1(S(=O)(=O)[O-])C=C(Nc2nc(Nc3ccccc3)nc(Nc3ccccc3)n2)C=CC1C=Cc1ccc(Nc2nc(Nc3ccccc3)nc(Nc3ccccc3)n2)cc1.[Na+].[Na+]. The quantitative estimate of drug-likeness (QED) is 0.0596. The van der Waals surface area contributed by atoms with Gasteiger partial charge in [0.05, 0.1) is 0 Å². The summed E-state index contributed by atoms with van der Waals surface area (Å²) in [6.45, 7) is 0. The van der Waals surface area contributed by atoms with Gasteiger partial charge in [0.1, 0.15) is 20.2 Å². The Bertz CT molecular complexity index is 2920. The molecule has 22 heteroatoms. The normalized spacial score (nSPS) is 14.2. The van der Waals surface area contributed by atoms with E-state index in [0.717, 1.165) is 17.5 Å². The first-order valence-electron chi connectivity index (χ1n) is 19.3. The fourth-order valence-electron chi connectivity index (χ4n) is 6.42. The van der Waals surface area contributed by atoms with Crippen molar-refractivity contribution in [1.82, 2.24) is 29.9 Å². The molecular weight excluding hydrogens is 903 g/mol. The number of hydrogen-bond donors (Lipinski definition) is 6. The van der Waals surface area contributed by atoms with Crippen molar-refractivity contribution in [3.8, 4) is 0 Å².